The lowest BCUT2D eigenvalue weighted by Gasteiger charge is -2.08. The number of halogens is 1. The summed E-state index contributed by atoms with van der Waals surface area (Å²) in [5.41, 5.74) is 6.17. The van der Waals surface area contributed by atoms with E-state index < -0.39 is 6.67 Å². The third-order valence-corrected chi connectivity index (χ3v) is 1.59. The van der Waals surface area contributed by atoms with Crippen LogP contribution in [0, 0.1) is 0 Å². The van der Waals surface area contributed by atoms with Gasteiger partial charge in [-0.25, -0.2) is 4.39 Å². The third-order valence-electron chi connectivity index (χ3n) is 1.59. The van der Waals surface area contributed by atoms with Gasteiger partial charge in [-0.2, -0.15) is 0 Å². The molecule has 0 saturated heterocycles. The van der Waals surface area contributed by atoms with Crippen molar-refractivity contribution in [3.8, 4) is 5.75 Å². The topological polar surface area (TPSA) is 35.2 Å². The molecule has 0 radical (unpaired) electrons. The first-order chi connectivity index (χ1) is 6.22. The van der Waals surface area contributed by atoms with Gasteiger partial charge >= 0.3 is 0 Å². The van der Waals surface area contributed by atoms with Crippen LogP contribution in [0.15, 0.2) is 24.3 Å². The van der Waals surface area contributed by atoms with E-state index >= 15 is 0 Å². The van der Waals surface area contributed by atoms with Crippen LogP contribution in [0.25, 0.3) is 0 Å². The van der Waals surface area contributed by atoms with Crippen LogP contribution in [0.3, 0.4) is 0 Å². The van der Waals surface area contributed by atoms with Gasteiger partial charge in [0.15, 0.2) is 0 Å². The van der Waals surface area contributed by atoms with Gasteiger partial charge in [0, 0.05) is 6.04 Å². The lowest BCUT2D eigenvalue weighted by molar-refractivity contribution is 0.296. The highest BCUT2D eigenvalue weighted by molar-refractivity contribution is 5.26. The predicted octanol–water partition coefficient (Wildman–Crippen LogP) is 1.88. The highest BCUT2D eigenvalue weighted by atomic mass is 19.1. The molecule has 0 fully saturated rings. The first kappa shape index (κ1) is 9.99. The molecular formula is C10H14FNO. The Hall–Kier alpha value is -1.09. The van der Waals surface area contributed by atoms with Crippen LogP contribution in [0.5, 0.6) is 5.75 Å². The zero-order valence-corrected chi connectivity index (χ0v) is 7.66. The van der Waals surface area contributed by atoms with Gasteiger partial charge in [0.2, 0.25) is 0 Å². The van der Waals surface area contributed by atoms with Crippen molar-refractivity contribution >= 4 is 0 Å². The van der Waals surface area contributed by atoms with Crippen LogP contribution in [0.2, 0.25) is 0 Å². The SMILES string of the molecule is CC(N)COc1ccc(CF)cc1. The molecule has 0 aromatic heterocycles. The van der Waals surface area contributed by atoms with Gasteiger partial charge < -0.3 is 10.5 Å². The summed E-state index contributed by atoms with van der Waals surface area (Å²) in [4.78, 5) is 0. The summed E-state index contributed by atoms with van der Waals surface area (Å²) in [6.45, 7) is 1.92. The Morgan fingerprint density at radius 3 is 2.46 bits per heavy atom. The standard InChI is InChI=1S/C10H14FNO/c1-8(12)7-13-10-4-2-9(6-11)3-5-10/h2-5,8H,6-7,12H2,1H3. The summed E-state index contributed by atoms with van der Waals surface area (Å²) >= 11 is 0. The maximum atomic E-state index is 12.1. The van der Waals surface area contributed by atoms with E-state index in [0.717, 1.165) is 5.75 Å². The molecule has 1 aromatic rings. The largest absolute Gasteiger partial charge is 0.492 e. The van der Waals surface area contributed by atoms with Crippen LogP contribution in [-0.4, -0.2) is 12.6 Å². The van der Waals surface area contributed by atoms with Crippen LogP contribution >= 0.6 is 0 Å². The summed E-state index contributed by atoms with van der Waals surface area (Å²) in [5, 5.41) is 0. The summed E-state index contributed by atoms with van der Waals surface area (Å²) in [5.74, 6) is 0.731. The lowest BCUT2D eigenvalue weighted by atomic mass is 10.2. The molecule has 1 rings (SSSR count). The molecule has 0 spiro atoms. The quantitative estimate of drug-likeness (QED) is 0.773. The number of hydrogen-bond donors (Lipinski definition) is 1. The van der Waals surface area contributed by atoms with E-state index in [1.807, 2.05) is 6.92 Å². The van der Waals surface area contributed by atoms with E-state index in [1.54, 1.807) is 24.3 Å². The summed E-state index contributed by atoms with van der Waals surface area (Å²) < 4.78 is 17.4. The molecule has 0 aliphatic rings. The normalized spacial score (nSPS) is 12.5. The fourth-order valence-corrected chi connectivity index (χ4v) is 0.902. The minimum Gasteiger partial charge on any atom is -0.492 e. The number of benzene rings is 1. The van der Waals surface area contributed by atoms with Crippen molar-refractivity contribution in [2.45, 2.75) is 19.6 Å². The highest BCUT2D eigenvalue weighted by Crippen LogP contribution is 2.12. The molecule has 3 heteroatoms. The molecule has 1 unspecified atom stereocenters. The number of rotatable bonds is 4. The second kappa shape index (κ2) is 4.82. The van der Waals surface area contributed by atoms with Crippen LogP contribution < -0.4 is 10.5 Å². The van der Waals surface area contributed by atoms with Crippen molar-refractivity contribution in [3.63, 3.8) is 0 Å². The van der Waals surface area contributed by atoms with Gasteiger partial charge in [-0.15, -0.1) is 0 Å². The number of alkyl halides is 1. The van der Waals surface area contributed by atoms with Crippen LogP contribution in [0.4, 0.5) is 4.39 Å². The summed E-state index contributed by atoms with van der Waals surface area (Å²) in [6, 6.07) is 6.92. The second-order valence-corrected chi connectivity index (χ2v) is 3.07. The van der Waals surface area contributed by atoms with Crippen molar-refractivity contribution in [2.24, 2.45) is 5.73 Å². The first-order valence-corrected chi connectivity index (χ1v) is 4.25. The fraction of sp³-hybridized carbons (Fsp3) is 0.400. The maximum Gasteiger partial charge on any atom is 0.119 e. The monoisotopic (exact) mass is 183 g/mol. The smallest absolute Gasteiger partial charge is 0.119 e. The molecule has 1 aromatic carbocycles. The van der Waals surface area contributed by atoms with E-state index in [4.69, 9.17) is 10.5 Å². The van der Waals surface area contributed by atoms with E-state index in [-0.39, 0.29) is 6.04 Å². The Morgan fingerprint density at radius 1 is 1.38 bits per heavy atom. The minimum atomic E-state index is -0.437. The Morgan fingerprint density at radius 2 is 2.00 bits per heavy atom. The number of nitrogens with two attached hydrogens (primary N) is 1. The molecule has 0 heterocycles. The van der Waals surface area contributed by atoms with Crippen molar-refractivity contribution in [2.75, 3.05) is 6.61 Å². The average Bonchev–Trinajstić information content (AvgIpc) is 2.15. The molecule has 0 aliphatic carbocycles. The zero-order valence-electron chi connectivity index (χ0n) is 7.66. The molecule has 0 bridgehead atoms. The number of hydrogen-bond acceptors (Lipinski definition) is 2. The van der Waals surface area contributed by atoms with E-state index in [0.29, 0.717) is 12.2 Å². The molecular weight excluding hydrogens is 169 g/mol. The minimum absolute atomic E-state index is 0.0147. The van der Waals surface area contributed by atoms with Crippen LogP contribution in [0.1, 0.15) is 12.5 Å². The van der Waals surface area contributed by atoms with E-state index in [9.17, 15) is 4.39 Å². The molecule has 2 nitrogen and oxygen atoms in total. The maximum absolute atomic E-state index is 12.1. The van der Waals surface area contributed by atoms with Gasteiger partial charge in [-0.3, -0.25) is 0 Å². The van der Waals surface area contributed by atoms with Crippen molar-refractivity contribution in [3.05, 3.63) is 29.8 Å². The molecule has 2 N–H and O–H groups in total. The van der Waals surface area contributed by atoms with Gasteiger partial charge in [0.05, 0.1) is 0 Å². The van der Waals surface area contributed by atoms with Crippen molar-refractivity contribution < 1.29 is 9.13 Å². The molecule has 1 atom stereocenters. The van der Waals surface area contributed by atoms with Gasteiger partial charge in [-0.05, 0) is 24.6 Å². The summed E-state index contributed by atoms with van der Waals surface area (Å²) in [7, 11) is 0. The Labute approximate surface area is 77.5 Å². The molecule has 13 heavy (non-hydrogen) atoms. The zero-order chi connectivity index (χ0) is 9.68. The number of ether oxygens (including phenoxy) is 1. The highest BCUT2D eigenvalue weighted by Gasteiger charge is 1.97. The summed E-state index contributed by atoms with van der Waals surface area (Å²) in [6.07, 6.45) is 0. The first-order valence-electron chi connectivity index (χ1n) is 4.25. The Kier molecular flexibility index (Phi) is 3.71. The van der Waals surface area contributed by atoms with E-state index in [2.05, 4.69) is 0 Å². The van der Waals surface area contributed by atoms with Gasteiger partial charge in [-0.1, -0.05) is 12.1 Å². The predicted molar refractivity (Wildman–Crippen MR) is 50.4 cm³/mol. The average molecular weight is 183 g/mol. The van der Waals surface area contributed by atoms with Crippen molar-refractivity contribution in [1.29, 1.82) is 0 Å². The molecule has 0 amide bonds. The van der Waals surface area contributed by atoms with Crippen molar-refractivity contribution in [1.82, 2.24) is 0 Å². The Bertz CT molecular complexity index is 246. The third kappa shape index (κ3) is 3.42. The fourth-order valence-electron chi connectivity index (χ4n) is 0.902. The van der Waals surface area contributed by atoms with Gasteiger partial charge in [0.1, 0.15) is 19.0 Å². The lowest BCUT2D eigenvalue weighted by Crippen LogP contribution is -2.23. The molecule has 0 saturated carbocycles. The van der Waals surface area contributed by atoms with Crippen LogP contribution in [-0.2, 0) is 6.67 Å². The van der Waals surface area contributed by atoms with E-state index in [1.165, 1.54) is 0 Å². The Balaban J connectivity index is 2.49. The second-order valence-electron chi connectivity index (χ2n) is 3.07. The molecule has 0 aliphatic heterocycles. The molecule has 72 valence electrons. The van der Waals surface area contributed by atoms with Gasteiger partial charge in [0.25, 0.3) is 0 Å².